The summed E-state index contributed by atoms with van der Waals surface area (Å²) < 4.78 is 0. The van der Waals surface area contributed by atoms with E-state index in [1.165, 1.54) is 6.42 Å². The number of nitrogens with zero attached hydrogens (tertiary/aromatic N) is 1. The Morgan fingerprint density at radius 1 is 1.42 bits per heavy atom. The number of rotatable bonds is 3. The summed E-state index contributed by atoms with van der Waals surface area (Å²) in [4.78, 5) is 14.7. The van der Waals surface area contributed by atoms with Crippen LogP contribution in [0.4, 0.5) is 5.69 Å². The summed E-state index contributed by atoms with van der Waals surface area (Å²) in [6.07, 6.45) is 5.69. The molecule has 2 N–H and O–H groups in total. The van der Waals surface area contributed by atoms with Crippen molar-refractivity contribution in [2.45, 2.75) is 52.0 Å². The smallest absolute Gasteiger partial charge is 0.256 e. The Hall–Kier alpha value is -1.51. The first kappa shape index (κ1) is 13.9. The standard InChI is InChI=1S/C16H24N2O/c1-3-6-13-7-4-5-10-18(13)16(19)14-11-12(2)8-9-15(14)17/h8-9,11,13H,3-7,10,17H2,1-2H3. The van der Waals surface area contributed by atoms with E-state index in [2.05, 4.69) is 6.92 Å². The molecular weight excluding hydrogens is 236 g/mol. The fraction of sp³-hybridized carbons (Fsp3) is 0.562. The summed E-state index contributed by atoms with van der Waals surface area (Å²) in [5.74, 6) is 0.111. The molecule has 0 saturated carbocycles. The van der Waals surface area contributed by atoms with Crippen LogP contribution >= 0.6 is 0 Å². The van der Waals surface area contributed by atoms with Crippen molar-refractivity contribution >= 4 is 11.6 Å². The van der Waals surface area contributed by atoms with Gasteiger partial charge in [-0.2, -0.15) is 0 Å². The summed E-state index contributed by atoms with van der Waals surface area (Å²) in [5.41, 5.74) is 8.32. The average molecular weight is 260 g/mol. The summed E-state index contributed by atoms with van der Waals surface area (Å²) in [5, 5.41) is 0. The highest BCUT2D eigenvalue weighted by Crippen LogP contribution is 2.25. The van der Waals surface area contributed by atoms with Crippen LogP contribution in [0.1, 0.15) is 54.9 Å². The van der Waals surface area contributed by atoms with Gasteiger partial charge in [0.15, 0.2) is 0 Å². The number of hydrogen-bond acceptors (Lipinski definition) is 2. The molecule has 1 heterocycles. The zero-order chi connectivity index (χ0) is 13.8. The molecule has 19 heavy (non-hydrogen) atoms. The number of piperidine rings is 1. The van der Waals surface area contributed by atoms with Gasteiger partial charge in [-0.25, -0.2) is 0 Å². The quantitative estimate of drug-likeness (QED) is 0.847. The van der Waals surface area contributed by atoms with E-state index in [9.17, 15) is 4.79 Å². The van der Waals surface area contributed by atoms with Gasteiger partial charge in [-0.05, 0) is 44.7 Å². The number of carbonyl (C=O) groups is 1. The number of nitrogen functional groups attached to an aromatic ring is 1. The molecule has 1 aromatic carbocycles. The van der Waals surface area contributed by atoms with Gasteiger partial charge in [0, 0.05) is 18.3 Å². The molecule has 0 radical (unpaired) electrons. The molecule has 1 aliphatic heterocycles. The van der Waals surface area contributed by atoms with E-state index in [1.54, 1.807) is 0 Å². The van der Waals surface area contributed by atoms with E-state index in [0.29, 0.717) is 17.3 Å². The van der Waals surface area contributed by atoms with Crippen molar-refractivity contribution in [3.8, 4) is 0 Å². The third kappa shape index (κ3) is 3.09. The van der Waals surface area contributed by atoms with E-state index in [1.807, 2.05) is 30.0 Å². The lowest BCUT2D eigenvalue weighted by atomic mass is 9.96. The molecule has 104 valence electrons. The van der Waals surface area contributed by atoms with Crippen molar-refractivity contribution in [3.63, 3.8) is 0 Å². The van der Waals surface area contributed by atoms with Crippen LogP contribution in [0.25, 0.3) is 0 Å². The highest BCUT2D eigenvalue weighted by Gasteiger charge is 2.27. The Morgan fingerprint density at radius 2 is 2.21 bits per heavy atom. The van der Waals surface area contributed by atoms with Gasteiger partial charge < -0.3 is 10.6 Å². The van der Waals surface area contributed by atoms with Crippen molar-refractivity contribution in [3.05, 3.63) is 29.3 Å². The Morgan fingerprint density at radius 3 is 2.95 bits per heavy atom. The minimum atomic E-state index is 0.111. The largest absolute Gasteiger partial charge is 0.398 e. The first-order valence-corrected chi connectivity index (χ1v) is 7.30. The molecule has 1 amide bonds. The molecule has 1 unspecified atom stereocenters. The van der Waals surface area contributed by atoms with Crippen LogP contribution in [0, 0.1) is 6.92 Å². The maximum Gasteiger partial charge on any atom is 0.256 e. The number of nitrogens with two attached hydrogens (primary N) is 1. The molecule has 0 bridgehead atoms. The van der Waals surface area contributed by atoms with Gasteiger partial charge in [0.25, 0.3) is 5.91 Å². The highest BCUT2D eigenvalue weighted by atomic mass is 16.2. The minimum Gasteiger partial charge on any atom is -0.398 e. The number of hydrogen-bond donors (Lipinski definition) is 1. The maximum absolute atomic E-state index is 12.7. The molecule has 1 aromatic rings. The third-order valence-electron chi connectivity index (χ3n) is 3.95. The monoisotopic (exact) mass is 260 g/mol. The van der Waals surface area contributed by atoms with Gasteiger partial charge in [0.05, 0.1) is 5.56 Å². The summed E-state index contributed by atoms with van der Waals surface area (Å²) in [6, 6.07) is 6.09. The average Bonchev–Trinajstić information content (AvgIpc) is 2.42. The topological polar surface area (TPSA) is 46.3 Å². The highest BCUT2D eigenvalue weighted by molar-refractivity contribution is 5.99. The Bertz CT molecular complexity index is 454. The molecule has 0 aliphatic carbocycles. The number of carbonyl (C=O) groups excluding carboxylic acids is 1. The number of benzene rings is 1. The lowest BCUT2D eigenvalue weighted by molar-refractivity contribution is 0.0601. The van der Waals surface area contributed by atoms with Crippen LogP contribution in [0.5, 0.6) is 0 Å². The molecule has 1 saturated heterocycles. The molecule has 3 nitrogen and oxygen atoms in total. The van der Waals surface area contributed by atoms with Gasteiger partial charge in [0.1, 0.15) is 0 Å². The SMILES string of the molecule is CCCC1CCCCN1C(=O)c1cc(C)ccc1N. The van der Waals surface area contributed by atoms with Gasteiger partial charge in [-0.3, -0.25) is 4.79 Å². The summed E-state index contributed by atoms with van der Waals surface area (Å²) in [6.45, 7) is 5.05. The number of aryl methyl sites for hydroxylation is 1. The molecule has 3 heteroatoms. The van der Waals surface area contributed by atoms with Crippen molar-refractivity contribution < 1.29 is 4.79 Å². The van der Waals surface area contributed by atoms with E-state index in [4.69, 9.17) is 5.73 Å². The molecule has 0 spiro atoms. The fourth-order valence-electron chi connectivity index (χ4n) is 2.91. The number of likely N-dealkylation sites (tertiary alicyclic amines) is 1. The minimum absolute atomic E-state index is 0.111. The lowest BCUT2D eigenvalue weighted by Gasteiger charge is -2.36. The summed E-state index contributed by atoms with van der Waals surface area (Å²) in [7, 11) is 0. The Balaban J connectivity index is 2.23. The second-order valence-electron chi connectivity index (χ2n) is 5.53. The zero-order valence-electron chi connectivity index (χ0n) is 12.0. The predicted octanol–water partition coefficient (Wildman–Crippen LogP) is 3.37. The van der Waals surface area contributed by atoms with Gasteiger partial charge in [-0.1, -0.05) is 25.0 Å². The Labute approximate surface area is 115 Å². The first-order valence-electron chi connectivity index (χ1n) is 7.30. The van der Waals surface area contributed by atoms with Crippen molar-refractivity contribution in [1.82, 2.24) is 4.90 Å². The van der Waals surface area contributed by atoms with Crippen LogP contribution in [-0.4, -0.2) is 23.4 Å². The van der Waals surface area contributed by atoms with Crippen LogP contribution < -0.4 is 5.73 Å². The molecule has 1 aliphatic rings. The lowest BCUT2D eigenvalue weighted by Crippen LogP contribution is -2.43. The predicted molar refractivity (Wildman–Crippen MR) is 79.2 cm³/mol. The van der Waals surface area contributed by atoms with Crippen LogP contribution in [-0.2, 0) is 0 Å². The molecule has 0 aromatic heterocycles. The number of anilines is 1. The van der Waals surface area contributed by atoms with E-state index in [0.717, 1.165) is 37.8 Å². The number of amides is 1. The van der Waals surface area contributed by atoms with Crippen LogP contribution in [0.3, 0.4) is 0 Å². The zero-order valence-corrected chi connectivity index (χ0v) is 12.0. The van der Waals surface area contributed by atoms with E-state index in [-0.39, 0.29) is 5.91 Å². The molecule has 1 fully saturated rings. The molecule has 1 atom stereocenters. The molecule has 2 rings (SSSR count). The van der Waals surface area contributed by atoms with E-state index < -0.39 is 0 Å². The van der Waals surface area contributed by atoms with Gasteiger partial charge in [-0.15, -0.1) is 0 Å². The van der Waals surface area contributed by atoms with Crippen molar-refractivity contribution in [1.29, 1.82) is 0 Å². The first-order chi connectivity index (χ1) is 9.13. The summed E-state index contributed by atoms with van der Waals surface area (Å²) >= 11 is 0. The second kappa shape index (κ2) is 6.09. The fourth-order valence-corrected chi connectivity index (χ4v) is 2.91. The normalized spacial score (nSPS) is 19.5. The Kier molecular flexibility index (Phi) is 4.46. The van der Waals surface area contributed by atoms with Crippen LogP contribution in [0.2, 0.25) is 0 Å². The van der Waals surface area contributed by atoms with Gasteiger partial charge >= 0.3 is 0 Å². The third-order valence-corrected chi connectivity index (χ3v) is 3.95. The molecular formula is C16H24N2O. The van der Waals surface area contributed by atoms with Crippen molar-refractivity contribution in [2.75, 3.05) is 12.3 Å². The van der Waals surface area contributed by atoms with Gasteiger partial charge in [0.2, 0.25) is 0 Å². The maximum atomic E-state index is 12.7. The van der Waals surface area contributed by atoms with Crippen molar-refractivity contribution in [2.24, 2.45) is 0 Å². The van der Waals surface area contributed by atoms with E-state index >= 15 is 0 Å². The van der Waals surface area contributed by atoms with Crippen LogP contribution in [0.15, 0.2) is 18.2 Å². The second-order valence-corrected chi connectivity index (χ2v) is 5.53.